The summed E-state index contributed by atoms with van der Waals surface area (Å²) in [5, 5.41) is 3.76. The van der Waals surface area contributed by atoms with Crippen LogP contribution in [0.3, 0.4) is 0 Å². The summed E-state index contributed by atoms with van der Waals surface area (Å²) in [4.78, 5) is 2.70. The van der Waals surface area contributed by atoms with Gasteiger partial charge in [-0.15, -0.1) is 0 Å². The van der Waals surface area contributed by atoms with Crippen molar-refractivity contribution in [3.63, 3.8) is 0 Å². The number of nitrogens with one attached hydrogen (secondary N) is 1. The fourth-order valence-corrected chi connectivity index (χ4v) is 4.51. The summed E-state index contributed by atoms with van der Waals surface area (Å²) in [5.41, 5.74) is 0. The van der Waals surface area contributed by atoms with E-state index in [0.29, 0.717) is 0 Å². The van der Waals surface area contributed by atoms with E-state index in [0.717, 1.165) is 30.5 Å². The third kappa shape index (κ3) is 4.46. The van der Waals surface area contributed by atoms with Crippen molar-refractivity contribution in [3.8, 4) is 0 Å². The maximum Gasteiger partial charge on any atom is 0.0108 e. The minimum atomic E-state index is 0.772. The average Bonchev–Trinajstić information content (AvgIpc) is 2.50. The second-order valence-corrected chi connectivity index (χ2v) is 7.24. The Morgan fingerprint density at radius 1 is 1.00 bits per heavy atom. The molecule has 2 aliphatic rings. The zero-order valence-electron chi connectivity index (χ0n) is 14.0. The fraction of sp³-hybridized carbons (Fsp3) is 1.00. The molecule has 2 saturated carbocycles. The van der Waals surface area contributed by atoms with Gasteiger partial charge in [0.15, 0.2) is 0 Å². The van der Waals surface area contributed by atoms with Crippen molar-refractivity contribution in [2.45, 2.75) is 83.7 Å². The van der Waals surface area contributed by atoms with Crippen LogP contribution in [0.1, 0.15) is 71.6 Å². The number of hydrogen-bond acceptors (Lipinski definition) is 2. The highest BCUT2D eigenvalue weighted by atomic mass is 15.1. The van der Waals surface area contributed by atoms with Crippen LogP contribution in [0, 0.1) is 11.8 Å². The molecule has 0 aromatic carbocycles. The molecule has 0 aromatic heterocycles. The van der Waals surface area contributed by atoms with Gasteiger partial charge in [0.2, 0.25) is 0 Å². The second-order valence-electron chi connectivity index (χ2n) is 7.24. The summed E-state index contributed by atoms with van der Waals surface area (Å²) < 4.78 is 0. The molecule has 20 heavy (non-hydrogen) atoms. The Labute approximate surface area is 126 Å². The van der Waals surface area contributed by atoms with E-state index >= 15 is 0 Å². The predicted octanol–water partition coefficient (Wildman–Crippen LogP) is 4.06. The van der Waals surface area contributed by atoms with Crippen LogP contribution in [0.2, 0.25) is 0 Å². The van der Waals surface area contributed by atoms with Crippen molar-refractivity contribution < 1.29 is 0 Å². The molecule has 0 aliphatic heterocycles. The van der Waals surface area contributed by atoms with E-state index in [1.165, 1.54) is 64.3 Å². The van der Waals surface area contributed by atoms with Crippen molar-refractivity contribution >= 4 is 0 Å². The first-order valence-corrected chi connectivity index (χ1v) is 9.18. The molecule has 0 saturated heterocycles. The summed E-state index contributed by atoms with van der Waals surface area (Å²) in [6.07, 6.45) is 12.9. The quantitative estimate of drug-likeness (QED) is 0.789. The second kappa shape index (κ2) is 8.38. The molecule has 2 fully saturated rings. The molecular formula is C18H36N2. The maximum absolute atomic E-state index is 3.76. The molecule has 2 nitrogen and oxygen atoms in total. The van der Waals surface area contributed by atoms with Crippen LogP contribution >= 0.6 is 0 Å². The van der Waals surface area contributed by atoms with Crippen LogP contribution in [0.25, 0.3) is 0 Å². The molecule has 0 bridgehead atoms. The van der Waals surface area contributed by atoms with E-state index < -0.39 is 0 Å². The summed E-state index contributed by atoms with van der Waals surface area (Å²) in [5.74, 6) is 1.86. The highest BCUT2D eigenvalue weighted by Gasteiger charge is 2.31. The van der Waals surface area contributed by atoms with Crippen LogP contribution in [0.15, 0.2) is 0 Å². The monoisotopic (exact) mass is 280 g/mol. The Morgan fingerprint density at radius 2 is 1.75 bits per heavy atom. The Morgan fingerprint density at radius 3 is 2.40 bits per heavy atom. The van der Waals surface area contributed by atoms with Gasteiger partial charge in [0.25, 0.3) is 0 Å². The Bertz CT molecular complexity index is 260. The topological polar surface area (TPSA) is 15.3 Å². The first-order valence-electron chi connectivity index (χ1n) is 9.18. The molecule has 3 atom stereocenters. The van der Waals surface area contributed by atoms with Crippen molar-refractivity contribution in [2.24, 2.45) is 11.8 Å². The molecule has 3 unspecified atom stereocenters. The predicted molar refractivity (Wildman–Crippen MR) is 88.1 cm³/mol. The summed E-state index contributed by atoms with van der Waals surface area (Å²) in [7, 11) is 2.38. The largest absolute Gasteiger partial charge is 0.314 e. The highest BCUT2D eigenvalue weighted by molar-refractivity contribution is 4.87. The molecule has 0 heterocycles. The Balaban J connectivity index is 1.88. The fourth-order valence-electron chi connectivity index (χ4n) is 4.51. The summed E-state index contributed by atoms with van der Waals surface area (Å²) in [6, 6.07) is 1.64. The third-order valence-electron chi connectivity index (χ3n) is 5.86. The molecule has 2 heteroatoms. The Kier molecular flexibility index (Phi) is 6.83. The zero-order chi connectivity index (χ0) is 14.4. The average molecular weight is 280 g/mol. The van der Waals surface area contributed by atoms with E-state index in [2.05, 4.69) is 31.1 Å². The van der Waals surface area contributed by atoms with Crippen LogP contribution in [0.4, 0.5) is 0 Å². The van der Waals surface area contributed by atoms with E-state index in [1.807, 2.05) is 0 Å². The van der Waals surface area contributed by atoms with Gasteiger partial charge in [-0.25, -0.2) is 0 Å². The lowest BCUT2D eigenvalue weighted by atomic mass is 9.76. The molecule has 0 aromatic rings. The minimum absolute atomic E-state index is 0.772. The van der Waals surface area contributed by atoms with Gasteiger partial charge in [-0.05, 0) is 57.5 Å². The lowest BCUT2D eigenvalue weighted by Crippen LogP contribution is -2.47. The van der Waals surface area contributed by atoms with Gasteiger partial charge in [-0.2, -0.15) is 0 Å². The van der Waals surface area contributed by atoms with Crippen LogP contribution in [-0.4, -0.2) is 37.1 Å². The third-order valence-corrected chi connectivity index (χ3v) is 5.86. The summed E-state index contributed by atoms with van der Waals surface area (Å²) in [6.45, 7) is 7.08. The van der Waals surface area contributed by atoms with Gasteiger partial charge < -0.3 is 10.2 Å². The number of hydrogen-bond donors (Lipinski definition) is 1. The first-order chi connectivity index (χ1) is 9.74. The molecule has 0 radical (unpaired) electrons. The van der Waals surface area contributed by atoms with Crippen molar-refractivity contribution in [3.05, 3.63) is 0 Å². The number of rotatable bonds is 6. The molecule has 2 rings (SSSR count). The van der Waals surface area contributed by atoms with Gasteiger partial charge >= 0.3 is 0 Å². The lowest BCUT2D eigenvalue weighted by molar-refractivity contribution is 0.113. The van der Waals surface area contributed by atoms with Crippen molar-refractivity contribution in [1.82, 2.24) is 10.2 Å². The van der Waals surface area contributed by atoms with Crippen LogP contribution < -0.4 is 5.32 Å². The van der Waals surface area contributed by atoms with Gasteiger partial charge in [0.1, 0.15) is 0 Å². The van der Waals surface area contributed by atoms with Gasteiger partial charge in [0.05, 0.1) is 0 Å². The van der Waals surface area contributed by atoms with E-state index in [1.54, 1.807) is 0 Å². The summed E-state index contributed by atoms with van der Waals surface area (Å²) >= 11 is 0. The standard InChI is InChI=1S/C18H36N2/c1-4-15-11-12-18(19-5-2)16(13-15)14-20(3)17-9-7-6-8-10-17/h15-19H,4-14H2,1-3H3. The van der Waals surface area contributed by atoms with Crippen LogP contribution in [-0.2, 0) is 0 Å². The normalized spacial score (nSPS) is 32.7. The first kappa shape index (κ1) is 16.3. The molecule has 1 N–H and O–H groups in total. The van der Waals surface area contributed by atoms with Gasteiger partial charge in [-0.1, -0.05) is 39.5 Å². The number of nitrogens with zero attached hydrogens (tertiary/aromatic N) is 1. The molecule has 2 aliphatic carbocycles. The zero-order valence-corrected chi connectivity index (χ0v) is 14.0. The van der Waals surface area contributed by atoms with Crippen LogP contribution in [0.5, 0.6) is 0 Å². The van der Waals surface area contributed by atoms with E-state index in [-0.39, 0.29) is 0 Å². The van der Waals surface area contributed by atoms with Gasteiger partial charge in [0, 0.05) is 18.6 Å². The highest BCUT2D eigenvalue weighted by Crippen LogP contribution is 2.33. The molecule has 0 amide bonds. The lowest BCUT2D eigenvalue weighted by Gasteiger charge is -2.41. The smallest absolute Gasteiger partial charge is 0.0108 e. The maximum atomic E-state index is 3.76. The van der Waals surface area contributed by atoms with Crippen molar-refractivity contribution in [1.29, 1.82) is 0 Å². The SMILES string of the molecule is CCNC1CCC(CC)CC1CN(C)C1CCCCC1. The Hall–Kier alpha value is -0.0800. The molecule has 118 valence electrons. The minimum Gasteiger partial charge on any atom is -0.314 e. The van der Waals surface area contributed by atoms with E-state index in [4.69, 9.17) is 0 Å². The molecule has 0 spiro atoms. The van der Waals surface area contributed by atoms with E-state index in [9.17, 15) is 0 Å². The van der Waals surface area contributed by atoms with Crippen molar-refractivity contribution in [2.75, 3.05) is 20.1 Å². The molecular weight excluding hydrogens is 244 g/mol. The van der Waals surface area contributed by atoms with Gasteiger partial charge in [-0.3, -0.25) is 0 Å².